The minimum Gasteiger partial charge on any atom is -0.497 e. The highest BCUT2D eigenvalue weighted by molar-refractivity contribution is 5.87. The first-order valence-corrected chi connectivity index (χ1v) is 13.3. The van der Waals surface area contributed by atoms with Crippen LogP contribution in [-0.4, -0.2) is 54.8 Å². The topological polar surface area (TPSA) is 72.8 Å². The number of carbonyl (C=O) groups excluding carboxylic acids is 1. The number of hydrogen-bond acceptors (Lipinski definition) is 5. The predicted octanol–water partition coefficient (Wildman–Crippen LogP) is 4.70. The summed E-state index contributed by atoms with van der Waals surface area (Å²) in [7, 11) is 1.61. The zero-order valence-electron chi connectivity index (χ0n) is 22.5. The number of fused-ring (bicyclic) bond motifs is 1. The third-order valence-electron chi connectivity index (χ3n) is 6.75. The Labute approximate surface area is 219 Å². The fourth-order valence-corrected chi connectivity index (χ4v) is 4.98. The largest absolute Gasteiger partial charge is 0.497 e. The van der Waals surface area contributed by atoms with E-state index in [0.29, 0.717) is 35.1 Å². The number of pyridine rings is 1. The van der Waals surface area contributed by atoms with Gasteiger partial charge in [0.05, 0.1) is 24.8 Å². The summed E-state index contributed by atoms with van der Waals surface area (Å²) >= 11 is 0. The molecule has 0 aliphatic carbocycles. The van der Waals surface area contributed by atoms with Gasteiger partial charge < -0.3 is 19.7 Å². The summed E-state index contributed by atoms with van der Waals surface area (Å²) < 4.78 is 13.1. The number of ether oxygens (including phenoxy) is 2. The summed E-state index contributed by atoms with van der Waals surface area (Å²) in [6, 6.07) is 15.1. The number of methoxy groups -OCH3 is 1. The third kappa shape index (κ3) is 6.92. The Morgan fingerprint density at radius 2 is 1.78 bits per heavy atom. The Morgan fingerprint density at radius 3 is 2.51 bits per heavy atom. The second-order valence-corrected chi connectivity index (χ2v) is 10.4. The number of benzene rings is 2. The normalized spacial score (nSPS) is 15.1. The molecule has 7 nitrogen and oxygen atoms in total. The number of rotatable bonds is 10. The zero-order chi connectivity index (χ0) is 26.4. The van der Waals surface area contributed by atoms with Crippen molar-refractivity contribution in [3.63, 3.8) is 0 Å². The molecule has 7 heteroatoms. The summed E-state index contributed by atoms with van der Waals surface area (Å²) in [5.41, 5.74) is 1.25. The van der Waals surface area contributed by atoms with Crippen molar-refractivity contribution in [1.82, 2.24) is 14.8 Å². The van der Waals surface area contributed by atoms with Gasteiger partial charge in [-0.05, 0) is 75.5 Å². The van der Waals surface area contributed by atoms with Gasteiger partial charge in [0, 0.05) is 24.1 Å². The molecule has 4 rings (SSSR count). The number of aromatic nitrogens is 1. The highest BCUT2D eigenvalue weighted by atomic mass is 16.5. The molecular formula is C30H39N3O4. The van der Waals surface area contributed by atoms with Gasteiger partial charge >= 0.3 is 0 Å². The second-order valence-electron chi connectivity index (χ2n) is 10.4. The van der Waals surface area contributed by atoms with Gasteiger partial charge in [-0.25, -0.2) is 0 Å². The molecule has 1 saturated heterocycles. The molecule has 1 atom stereocenters. The average molecular weight is 506 g/mol. The molecule has 3 aromatic rings. The zero-order valence-corrected chi connectivity index (χ0v) is 22.5. The van der Waals surface area contributed by atoms with Crippen LogP contribution in [0.25, 0.3) is 22.0 Å². The van der Waals surface area contributed by atoms with Gasteiger partial charge in [-0.2, -0.15) is 0 Å². The lowest BCUT2D eigenvalue weighted by Gasteiger charge is -2.29. The van der Waals surface area contributed by atoms with Crippen molar-refractivity contribution in [2.75, 3.05) is 33.4 Å². The maximum Gasteiger partial charge on any atom is 0.259 e. The Balaban J connectivity index is 1.63. The van der Waals surface area contributed by atoms with E-state index in [4.69, 9.17) is 9.47 Å². The molecule has 0 saturated carbocycles. The Kier molecular flexibility index (Phi) is 8.87. The highest BCUT2D eigenvalue weighted by Crippen LogP contribution is 2.27. The molecule has 0 bridgehead atoms. The monoisotopic (exact) mass is 505 g/mol. The van der Waals surface area contributed by atoms with Crippen LogP contribution in [0.4, 0.5) is 0 Å². The number of nitrogens with zero attached hydrogens (tertiary/aromatic N) is 2. The van der Waals surface area contributed by atoms with Crippen molar-refractivity contribution in [1.29, 1.82) is 0 Å². The summed E-state index contributed by atoms with van der Waals surface area (Å²) in [5, 5.41) is 4.23. The van der Waals surface area contributed by atoms with Crippen molar-refractivity contribution in [2.45, 2.75) is 52.6 Å². The Morgan fingerprint density at radius 1 is 1.00 bits per heavy atom. The molecule has 0 unspecified atom stereocenters. The van der Waals surface area contributed by atoms with Gasteiger partial charge in [-0.15, -0.1) is 0 Å². The molecule has 1 fully saturated rings. The number of hydrogen-bond donors (Lipinski definition) is 1. The van der Waals surface area contributed by atoms with E-state index in [-0.39, 0.29) is 24.1 Å². The molecule has 1 aromatic heterocycles. The first-order valence-electron chi connectivity index (χ1n) is 13.3. The standard InChI is InChI=1S/C30H39N3O4/c1-21(2)31-29(34)19-33-28(24-9-8-10-25(15-24)36-4)16-23-11-12-26(17-27(23)30(33)35)37-20-22(3)18-32-13-6-5-7-14-32/h8-12,15-17,21-22H,5-7,13-14,18-20H2,1-4H3,(H,31,34)/t22-/m0/s1. The molecule has 1 aliphatic rings. The number of nitrogens with one attached hydrogen (secondary N) is 1. The third-order valence-corrected chi connectivity index (χ3v) is 6.75. The van der Waals surface area contributed by atoms with E-state index in [1.165, 1.54) is 36.9 Å². The van der Waals surface area contributed by atoms with Crippen molar-refractivity contribution in [3.8, 4) is 22.8 Å². The van der Waals surface area contributed by atoms with E-state index < -0.39 is 0 Å². The van der Waals surface area contributed by atoms with Crippen LogP contribution in [0.1, 0.15) is 40.0 Å². The molecule has 2 aromatic carbocycles. The van der Waals surface area contributed by atoms with E-state index in [2.05, 4.69) is 17.1 Å². The molecule has 37 heavy (non-hydrogen) atoms. The van der Waals surface area contributed by atoms with E-state index in [1.807, 2.05) is 56.3 Å². The summed E-state index contributed by atoms with van der Waals surface area (Å²) in [5.74, 6) is 1.54. The quantitative estimate of drug-likeness (QED) is 0.432. The number of likely N-dealkylation sites (tertiary alicyclic amines) is 1. The van der Waals surface area contributed by atoms with Crippen LogP contribution in [-0.2, 0) is 11.3 Å². The highest BCUT2D eigenvalue weighted by Gasteiger charge is 2.17. The van der Waals surface area contributed by atoms with Crippen molar-refractivity contribution >= 4 is 16.7 Å². The molecule has 0 spiro atoms. The fourth-order valence-electron chi connectivity index (χ4n) is 4.98. The Hall–Kier alpha value is -3.32. The maximum absolute atomic E-state index is 13.7. The van der Waals surface area contributed by atoms with Crippen molar-refractivity contribution < 1.29 is 14.3 Å². The number of amides is 1. The summed E-state index contributed by atoms with van der Waals surface area (Å²) in [4.78, 5) is 29.0. The minimum absolute atomic E-state index is 0.0177. The molecular weight excluding hydrogens is 466 g/mol. The van der Waals surface area contributed by atoms with E-state index in [0.717, 1.165) is 17.5 Å². The van der Waals surface area contributed by atoms with Crippen LogP contribution in [0.3, 0.4) is 0 Å². The molecule has 1 N–H and O–H groups in total. The van der Waals surface area contributed by atoms with E-state index in [9.17, 15) is 9.59 Å². The number of carbonyl (C=O) groups is 1. The van der Waals surface area contributed by atoms with Gasteiger partial charge in [0.25, 0.3) is 5.56 Å². The van der Waals surface area contributed by atoms with Crippen LogP contribution in [0.5, 0.6) is 11.5 Å². The summed E-state index contributed by atoms with van der Waals surface area (Å²) in [6.07, 6.45) is 3.88. The van der Waals surface area contributed by atoms with Gasteiger partial charge in [0.1, 0.15) is 18.0 Å². The molecule has 1 aliphatic heterocycles. The smallest absolute Gasteiger partial charge is 0.259 e. The van der Waals surface area contributed by atoms with Crippen LogP contribution in [0.15, 0.2) is 53.3 Å². The average Bonchev–Trinajstić information content (AvgIpc) is 2.89. The van der Waals surface area contributed by atoms with Crippen LogP contribution in [0, 0.1) is 5.92 Å². The Bertz CT molecular complexity index is 1280. The van der Waals surface area contributed by atoms with Crippen LogP contribution >= 0.6 is 0 Å². The van der Waals surface area contributed by atoms with Crippen LogP contribution in [0.2, 0.25) is 0 Å². The van der Waals surface area contributed by atoms with Gasteiger partial charge in [0.2, 0.25) is 5.91 Å². The lowest BCUT2D eigenvalue weighted by Crippen LogP contribution is -2.36. The van der Waals surface area contributed by atoms with Gasteiger partial charge in [-0.3, -0.25) is 14.2 Å². The minimum atomic E-state index is -0.221. The first kappa shape index (κ1) is 26.7. The van der Waals surface area contributed by atoms with Gasteiger partial charge in [-0.1, -0.05) is 31.5 Å². The van der Waals surface area contributed by atoms with Crippen molar-refractivity contribution in [2.24, 2.45) is 5.92 Å². The molecule has 1 amide bonds. The van der Waals surface area contributed by atoms with E-state index >= 15 is 0 Å². The molecule has 198 valence electrons. The number of piperidine rings is 1. The summed E-state index contributed by atoms with van der Waals surface area (Å²) in [6.45, 7) is 9.89. The predicted molar refractivity (Wildman–Crippen MR) is 148 cm³/mol. The maximum atomic E-state index is 13.7. The fraction of sp³-hybridized carbons (Fsp3) is 0.467. The van der Waals surface area contributed by atoms with Crippen LogP contribution < -0.4 is 20.3 Å². The molecule has 2 heterocycles. The lowest BCUT2D eigenvalue weighted by molar-refractivity contribution is -0.122. The van der Waals surface area contributed by atoms with E-state index in [1.54, 1.807) is 13.2 Å². The second kappa shape index (κ2) is 12.3. The van der Waals surface area contributed by atoms with Crippen molar-refractivity contribution in [3.05, 3.63) is 58.9 Å². The molecule has 0 radical (unpaired) electrons. The lowest BCUT2D eigenvalue weighted by atomic mass is 10.1. The SMILES string of the molecule is COc1cccc(-c2cc3ccc(OC[C@@H](C)CN4CCCCC4)cc3c(=O)n2CC(=O)NC(C)C)c1. The first-order chi connectivity index (χ1) is 17.8. The van der Waals surface area contributed by atoms with Gasteiger partial charge in [0.15, 0.2) is 0 Å².